The summed E-state index contributed by atoms with van der Waals surface area (Å²) in [5.74, 6) is 0.561. The van der Waals surface area contributed by atoms with Gasteiger partial charge in [0.05, 0.1) is 5.71 Å². The zero-order valence-electron chi connectivity index (χ0n) is 12.0. The number of rotatable bonds is 3. The van der Waals surface area contributed by atoms with Gasteiger partial charge >= 0.3 is 0 Å². The molecule has 0 spiro atoms. The maximum atomic E-state index is 9.92. The number of hydrogen-bond donors (Lipinski definition) is 3. The lowest BCUT2D eigenvalue weighted by atomic mass is 10.0. The molecule has 0 amide bonds. The van der Waals surface area contributed by atoms with Crippen molar-refractivity contribution >= 4 is 11.5 Å². The molecule has 1 aliphatic heterocycles. The number of phenols is 1. The minimum atomic E-state index is 0.121. The Labute approximate surface area is 119 Å². The first-order valence-electron chi connectivity index (χ1n) is 6.90. The third-order valence-electron chi connectivity index (χ3n) is 3.76. The highest BCUT2D eigenvalue weighted by Crippen LogP contribution is 2.22. The van der Waals surface area contributed by atoms with Gasteiger partial charge in [0.2, 0.25) is 0 Å². The SMILES string of the molecule is Cc1cc(O)c(C(=N)/C=C\C(=N)N2CCCC2)cc1C. The molecule has 1 fully saturated rings. The Morgan fingerprint density at radius 3 is 2.35 bits per heavy atom. The Bertz CT molecular complexity index is 569. The third-order valence-corrected chi connectivity index (χ3v) is 3.76. The zero-order valence-corrected chi connectivity index (χ0v) is 12.0. The monoisotopic (exact) mass is 271 g/mol. The third kappa shape index (κ3) is 3.07. The fourth-order valence-corrected chi connectivity index (χ4v) is 2.33. The molecule has 1 heterocycles. The second kappa shape index (κ2) is 5.90. The summed E-state index contributed by atoms with van der Waals surface area (Å²) in [4.78, 5) is 2.00. The van der Waals surface area contributed by atoms with Crippen LogP contribution in [-0.4, -0.2) is 34.6 Å². The first-order valence-corrected chi connectivity index (χ1v) is 6.90. The lowest BCUT2D eigenvalue weighted by Gasteiger charge is -2.15. The summed E-state index contributed by atoms with van der Waals surface area (Å²) in [6.45, 7) is 5.74. The molecule has 20 heavy (non-hydrogen) atoms. The van der Waals surface area contributed by atoms with E-state index in [1.807, 2.05) is 24.8 Å². The molecular weight excluding hydrogens is 250 g/mol. The molecular formula is C16H21N3O. The Morgan fingerprint density at radius 1 is 1.10 bits per heavy atom. The summed E-state index contributed by atoms with van der Waals surface area (Å²) in [6, 6.07) is 3.50. The van der Waals surface area contributed by atoms with Crippen LogP contribution in [0.5, 0.6) is 5.75 Å². The topological polar surface area (TPSA) is 71.2 Å². The van der Waals surface area contributed by atoms with Crippen molar-refractivity contribution in [1.29, 1.82) is 10.8 Å². The van der Waals surface area contributed by atoms with E-state index in [0.717, 1.165) is 37.1 Å². The lowest BCUT2D eigenvalue weighted by molar-refractivity contribution is 0.473. The maximum absolute atomic E-state index is 9.92. The maximum Gasteiger partial charge on any atom is 0.125 e. The van der Waals surface area contributed by atoms with Crippen LogP contribution < -0.4 is 0 Å². The van der Waals surface area contributed by atoms with Crippen LogP contribution in [0.4, 0.5) is 0 Å². The van der Waals surface area contributed by atoms with Crippen molar-refractivity contribution in [2.24, 2.45) is 0 Å². The van der Waals surface area contributed by atoms with Gasteiger partial charge in [-0.05, 0) is 62.1 Å². The standard InChI is InChI=1S/C16H21N3O/c1-11-9-13(15(20)10-12(11)2)14(17)5-6-16(18)19-7-3-4-8-19/h5-6,9-10,17-18,20H,3-4,7-8H2,1-2H3/b6-5-,17-14?,18-16?. The number of aromatic hydroxyl groups is 1. The Hall–Kier alpha value is -2.10. The van der Waals surface area contributed by atoms with Crippen molar-refractivity contribution in [3.63, 3.8) is 0 Å². The molecule has 1 aliphatic rings. The summed E-state index contributed by atoms with van der Waals surface area (Å²) in [5.41, 5.74) is 2.80. The molecule has 4 heteroatoms. The van der Waals surface area contributed by atoms with Crippen LogP contribution in [0.1, 0.15) is 29.5 Å². The smallest absolute Gasteiger partial charge is 0.125 e. The second-order valence-corrected chi connectivity index (χ2v) is 5.28. The Morgan fingerprint density at radius 2 is 1.70 bits per heavy atom. The first kappa shape index (κ1) is 14.3. The summed E-state index contributed by atoms with van der Waals surface area (Å²) in [7, 11) is 0. The van der Waals surface area contributed by atoms with Gasteiger partial charge in [-0.1, -0.05) is 0 Å². The van der Waals surface area contributed by atoms with E-state index in [-0.39, 0.29) is 11.5 Å². The van der Waals surface area contributed by atoms with E-state index in [1.54, 1.807) is 18.2 Å². The molecule has 1 aromatic rings. The lowest BCUT2D eigenvalue weighted by Crippen LogP contribution is -2.25. The van der Waals surface area contributed by atoms with E-state index in [2.05, 4.69) is 0 Å². The van der Waals surface area contributed by atoms with Crippen LogP contribution in [0.25, 0.3) is 0 Å². The molecule has 0 atom stereocenters. The van der Waals surface area contributed by atoms with E-state index >= 15 is 0 Å². The number of phenolic OH excluding ortho intramolecular Hbond substituents is 1. The largest absolute Gasteiger partial charge is 0.507 e. The summed E-state index contributed by atoms with van der Waals surface area (Å²) < 4.78 is 0. The van der Waals surface area contributed by atoms with Crippen molar-refractivity contribution in [1.82, 2.24) is 4.90 Å². The number of nitrogens with zero attached hydrogens (tertiary/aromatic N) is 1. The molecule has 0 radical (unpaired) electrons. The number of benzene rings is 1. The average Bonchev–Trinajstić information content (AvgIpc) is 2.94. The predicted octanol–water partition coefficient (Wildman–Crippen LogP) is 3.01. The zero-order chi connectivity index (χ0) is 14.7. The quantitative estimate of drug-likeness (QED) is 0.584. The van der Waals surface area contributed by atoms with Crippen LogP contribution in [0.3, 0.4) is 0 Å². The molecule has 4 nitrogen and oxygen atoms in total. The van der Waals surface area contributed by atoms with Crippen molar-refractivity contribution in [2.75, 3.05) is 13.1 Å². The number of allylic oxidation sites excluding steroid dienone is 1. The van der Waals surface area contributed by atoms with Crippen molar-refractivity contribution in [3.05, 3.63) is 41.0 Å². The van der Waals surface area contributed by atoms with Gasteiger partial charge in [-0.25, -0.2) is 0 Å². The summed E-state index contributed by atoms with van der Waals surface area (Å²) >= 11 is 0. The van der Waals surface area contributed by atoms with Crippen molar-refractivity contribution < 1.29 is 5.11 Å². The minimum Gasteiger partial charge on any atom is -0.507 e. The van der Waals surface area contributed by atoms with E-state index < -0.39 is 0 Å². The summed E-state index contributed by atoms with van der Waals surface area (Å²) in [5, 5.41) is 25.9. The van der Waals surface area contributed by atoms with Crippen LogP contribution in [0, 0.1) is 24.7 Å². The van der Waals surface area contributed by atoms with Gasteiger partial charge in [-0.15, -0.1) is 0 Å². The molecule has 0 aromatic heterocycles. The van der Waals surface area contributed by atoms with E-state index in [4.69, 9.17) is 10.8 Å². The van der Waals surface area contributed by atoms with Crippen LogP contribution >= 0.6 is 0 Å². The van der Waals surface area contributed by atoms with Gasteiger partial charge < -0.3 is 15.4 Å². The van der Waals surface area contributed by atoms with Crippen LogP contribution in [-0.2, 0) is 0 Å². The number of nitrogens with one attached hydrogen (secondary N) is 2. The van der Waals surface area contributed by atoms with Crippen molar-refractivity contribution in [2.45, 2.75) is 26.7 Å². The molecule has 3 N–H and O–H groups in total. The average molecular weight is 271 g/mol. The van der Waals surface area contributed by atoms with E-state index in [1.165, 1.54) is 0 Å². The van der Waals surface area contributed by atoms with Crippen molar-refractivity contribution in [3.8, 4) is 5.75 Å². The first-order chi connectivity index (χ1) is 9.49. The molecule has 0 unspecified atom stereocenters. The molecule has 2 rings (SSSR count). The number of hydrogen-bond acceptors (Lipinski definition) is 3. The molecule has 0 bridgehead atoms. The second-order valence-electron chi connectivity index (χ2n) is 5.28. The number of aryl methyl sites for hydroxylation is 2. The molecule has 106 valence electrons. The molecule has 0 saturated carbocycles. The highest BCUT2D eigenvalue weighted by molar-refractivity contribution is 6.11. The number of likely N-dealkylation sites (tertiary alicyclic amines) is 1. The highest BCUT2D eigenvalue weighted by Gasteiger charge is 2.13. The van der Waals surface area contributed by atoms with Gasteiger partial charge in [0.25, 0.3) is 0 Å². The highest BCUT2D eigenvalue weighted by atomic mass is 16.3. The Balaban J connectivity index is 2.11. The predicted molar refractivity (Wildman–Crippen MR) is 82.1 cm³/mol. The molecule has 1 aromatic carbocycles. The van der Waals surface area contributed by atoms with E-state index in [9.17, 15) is 5.11 Å². The molecule has 1 saturated heterocycles. The summed E-state index contributed by atoms with van der Waals surface area (Å²) in [6.07, 6.45) is 5.49. The van der Waals surface area contributed by atoms with Gasteiger partial charge in [-0.2, -0.15) is 0 Å². The normalized spacial score (nSPS) is 15.0. The number of amidine groups is 1. The van der Waals surface area contributed by atoms with Gasteiger partial charge in [0.1, 0.15) is 11.6 Å². The van der Waals surface area contributed by atoms with Gasteiger partial charge in [0.15, 0.2) is 0 Å². The van der Waals surface area contributed by atoms with Gasteiger partial charge in [0, 0.05) is 18.7 Å². The molecule has 0 aliphatic carbocycles. The minimum absolute atomic E-state index is 0.121. The van der Waals surface area contributed by atoms with E-state index in [0.29, 0.717) is 11.4 Å². The Kier molecular flexibility index (Phi) is 4.23. The fourth-order valence-electron chi connectivity index (χ4n) is 2.33. The van der Waals surface area contributed by atoms with Crippen LogP contribution in [0.2, 0.25) is 0 Å². The fraction of sp³-hybridized carbons (Fsp3) is 0.375. The van der Waals surface area contributed by atoms with Crippen LogP contribution in [0.15, 0.2) is 24.3 Å². The van der Waals surface area contributed by atoms with Gasteiger partial charge in [-0.3, -0.25) is 5.41 Å².